The Morgan fingerprint density at radius 3 is 2.83 bits per heavy atom. The second-order valence-electron chi connectivity index (χ2n) is 3.05. The summed E-state index contributed by atoms with van der Waals surface area (Å²) in [5.41, 5.74) is 0. The zero-order valence-corrected chi connectivity index (χ0v) is 8.19. The number of thioether (sulfide) groups is 1. The van der Waals surface area contributed by atoms with E-state index in [1.807, 2.05) is 0 Å². The third-order valence-corrected chi connectivity index (χ3v) is 3.28. The van der Waals surface area contributed by atoms with E-state index in [-0.39, 0.29) is 16.9 Å². The first-order chi connectivity index (χ1) is 5.61. The average molecular weight is 187 g/mol. The van der Waals surface area contributed by atoms with E-state index in [2.05, 4.69) is 0 Å². The molecule has 1 aliphatic rings. The van der Waals surface area contributed by atoms with Crippen molar-refractivity contribution in [3.05, 3.63) is 0 Å². The summed E-state index contributed by atoms with van der Waals surface area (Å²) in [5, 5.41) is 0.0268. The van der Waals surface area contributed by atoms with E-state index in [0.717, 1.165) is 13.0 Å². The van der Waals surface area contributed by atoms with Crippen LogP contribution in [0.25, 0.3) is 0 Å². The molecule has 0 saturated carbocycles. The van der Waals surface area contributed by atoms with Crippen molar-refractivity contribution in [1.29, 1.82) is 0 Å². The van der Waals surface area contributed by atoms with Gasteiger partial charge in [-0.05, 0) is 13.3 Å². The van der Waals surface area contributed by atoms with E-state index in [0.29, 0.717) is 5.75 Å². The molecule has 12 heavy (non-hydrogen) atoms. The average Bonchev–Trinajstić information content (AvgIpc) is 2.30. The van der Waals surface area contributed by atoms with Crippen LogP contribution in [0.4, 0.5) is 0 Å². The van der Waals surface area contributed by atoms with Gasteiger partial charge in [-0.1, -0.05) is 0 Å². The van der Waals surface area contributed by atoms with Gasteiger partial charge < -0.3 is 4.90 Å². The lowest BCUT2D eigenvalue weighted by Gasteiger charge is -2.08. The first-order valence-corrected chi connectivity index (χ1v) is 5.02. The maximum Gasteiger partial charge on any atom is 0.235 e. The predicted octanol–water partition coefficient (Wildman–Crippen LogP) is 0.539. The summed E-state index contributed by atoms with van der Waals surface area (Å²) in [6.07, 6.45) is 0.882. The normalized spacial score (nSPS) is 23.3. The largest absolute Gasteiger partial charge is 0.345 e. The third-order valence-electron chi connectivity index (χ3n) is 1.87. The van der Waals surface area contributed by atoms with Gasteiger partial charge in [0, 0.05) is 13.6 Å². The number of amides is 1. The van der Waals surface area contributed by atoms with Crippen LogP contribution in [0.5, 0.6) is 0 Å². The van der Waals surface area contributed by atoms with Crippen LogP contribution in [0.15, 0.2) is 0 Å². The highest BCUT2D eigenvalue weighted by atomic mass is 32.2. The Morgan fingerprint density at radius 2 is 2.42 bits per heavy atom. The van der Waals surface area contributed by atoms with Crippen LogP contribution < -0.4 is 0 Å². The van der Waals surface area contributed by atoms with Crippen molar-refractivity contribution in [2.45, 2.75) is 18.6 Å². The summed E-state index contributed by atoms with van der Waals surface area (Å²) in [6.45, 7) is 2.38. The van der Waals surface area contributed by atoms with E-state index in [9.17, 15) is 9.59 Å². The van der Waals surface area contributed by atoms with E-state index < -0.39 is 0 Å². The Balaban J connectivity index is 2.34. The second-order valence-corrected chi connectivity index (χ2v) is 4.24. The van der Waals surface area contributed by atoms with E-state index in [4.69, 9.17) is 0 Å². The Morgan fingerprint density at radius 1 is 1.75 bits per heavy atom. The fourth-order valence-electron chi connectivity index (χ4n) is 1.16. The molecule has 0 radical (unpaired) electrons. The minimum Gasteiger partial charge on any atom is -0.345 e. The van der Waals surface area contributed by atoms with Gasteiger partial charge in [0.2, 0.25) is 5.91 Å². The number of carbonyl (C=O) groups is 2. The Bertz CT molecular complexity index is 205. The maximum atomic E-state index is 11.3. The monoisotopic (exact) mass is 187 g/mol. The number of ketones is 1. The third kappa shape index (κ3) is 2.24. The lowest BCUT2D eigenvalue weighted by molar-refractivity contribution is -0.126. The van der Waals surface area contributed by atoms with Gasteiger partial charge in [0.1, 0.15) is 5.78 Å². The molecule has 0 aromatic rings. The number of nitrogens with zero attached hydrogens (tertiary/aromatic N) is 1. The van der Waals surface area contributed by atoms with Crippen molar-refractivity contribution in [2.75, 3.05) is 19.3 Å². The molecule has 1 unspecified atom stereocenters. The summed E-state index contributed by atoms with van der Waals surface area (Å²) in [4.78, 5) is 23.7. The fourth-order valence-corrected chi connectivity index (χ4v) is 2.19. The van der Waals surface area contributed by atoms with Crippen molar-refractivity contribution >= 4 is 23.5 Å². The molecule has 1 fully saturated rings. The van der Waals surface area contributed by atoms with Crippen LogP contribution in [0, 0.1) is 0 Å². The first-order valence-electron chi connectivity index (χ1n) is 3.97. The molecule has 68 valence electrons. The smallest absolute Gasteiger partial charge is 0.235 e. The lowest BCUT2D eigenvalue weighted by Crippen LogP contribution is -2.24. The summed E-state index contributed by atoms with van der Waals surface area (Å²) in [5.74, 6) is 0.771. The molecular weight excluding hydrogens is 174 g/mol. The van der Waals surface area contributed by atoms with Gasteiger partial charge in [-0.3, -0.25) is 9.59 Å². The Hall–Kier alpha value is -0.510. The quantitative estimate of drug-likeness (QED) is 0.647. The molecular formula is C8H13NO2S. The topological polar surface area (TPSA) is 37.4 Å². The number of likely N-dealkylation sites (tertiary alicyclic amines) is 1. The number of Topliss-reactive ketones (excluding diaryl/α,β-unsaturated/α-hetero) is 1. The van der Waals surface area contributed by atoms with Gasteiger partial charge in [-0.15, -0.1) is 11.8 Å². The number of rotatable bonds is 3. The molecule has 1 amide bonds. The highest BCUT2D eigenvalue weighted by Gasteiger charge is 2.29. The van der Waals surface area contributed by atoms with Crippen molar-refractivity contribution in [1.82, 2.24) is 4.90 Å². The SMILES string of the molecule is CC(=O)CSC1CCN(C)C1=O. The van der Waals surface area contributed by atoms with E-state index in [1.165, 1.54) is 11.8 Å². The molecule has 0 spiro atoms. The van der Waals surface area contributed by atoms with Crippen LogP contribution in [-0.4, -0.2) is 41.2 Å². The second kappa shape index (κ2) is 3.94. The zero-order valence-electron chi connectivity index (χ0n) is 7.37. The molecule has 1 atom stereocenters. The minimum absolute atomic E-state index is 0.0268. The molecule has 1 aliphatic heterocycles. The molecule has 0 aromatic carbocycles. The fraction of sp³-hybridized carbons (Fsp3) is 0.750. The molecule has 0 aromatic heterocycles. The molecule has 0 bridgehead atoms. The van der Waals surface area contributed by atoms with Crippen LogP contribution in [0.3, 0.4) is 0 Å². The molecule has 1 rings (SSSR count). The molecule has 1 saturated heterocycles. The van der Waals surface area contributed by atoms with Gasteiger partial charge in [-0.2, -0.15) is 0 Å². The van der Waals surface area contributed by atoms with Crippen LogP contribution >= 0.6 is 11.8 Å². The molecule has 3 nitrogen and oxygen atoms in total. The van der Waals surface area contributed by atoms with Gasteiger partial charge in [0.15, 0.2) is 0 Å². The van der Waals surface area contributed by atoms with Crippen molar-refractivity contribution in [3.63, 3.8) is 0 Å². The highest BCUT2D eigenvalue weighted by Crippen LogP contribution is 2.22. The number of hydrogen-bond donors (Lipinski definition) is 0. The van der Waals surface area contributed by atoms with Crippen LogP contribution in [-0.2, 0) is 9.59 Å². The minimum atomic E-state index is 0.0268. The highest BCUT2D eigenvalue weighted by molar-refractivity contribution is 8.01. The Kier molecular flexibility index (Phi) is 3.14. The van der Waals surface area contributed by atoms with Gasteiger partial charge >= 0.3 is 0 Å². The van der Waals surface area contributed by atoms with E-state index in [1.54, 1.807) is 18.9 Å². The maximum absolute atomic E-state index is 11.3. The predicted molar refractivity (Wildman–Crippen MR) is 49.2 cm³/mol. The summed E-state index contributed by atoms with van der Waals surface area (Å²) < 4.78 is 0. The van der Waals surface area contributed by atoms with Crippen LogP contribution in [0.2, 0.25) is 0 Å². The zero-order chi connectivity index (χ0) is 9.14. The van der Waals surface area contributed by atoms with Crippen molar-refractivity contribution < 1.29 is 9.59 Å². The van der Waals surface area contributed by atoms with Crippen molar-refractivity contribution in [2.24, 2.45) is 0 Å². The standard InChI is InChI=1S/C8H13NO2S/c1-6(10)5-12-7-3-4-9(2)8(7)11/h7H,3-5H2,1-2H3. The molecule has 0 aliphatic carbocycles. The number of hydrogen-bond acceptors (Lipinski definition) is 3. The van der Waals surface area contributed by atoms with Crippen LogP contribution in [0.1, 0.15) is 13.3 Å². The number of carbonyl (C=O) groups excluding carboxylic acids is 2. The van der Waals surface area contributed by atoms with Gasteiger partial charge in [0.05, 0.1) is 11.0 Å². The molecule has 0 N–H and O–H groups in total. The summed E-state index contributed by atoms with van der Waals surface area (Å²) in [7, 11) is 1.80. The van der Waals surface area contributed by atoms with Gasteiger partial charge in [-0.25, -0.2) is 0 Å². The molecule has 4 heteroatoms. The molecule has 1 heterocycles. The van der Waals surface area contributed by atoms with Gasteiger partial charge in [0.25, 0.3) is 0 Å². The van der Waals surface area contributed by atoms with E-state index >= 15 is 0 Å². The van der Waals surface area contributed by atoms with Crippen molar-refractivity contribution in [3.8, 4) is 0 Å². The lowest BCUT2D eigenvalue weighted by atomic mass is 10.4. The summed E-state index contributed by atoms with van der Waals surface area (Å²) in [6, 6.07) is 0. The first kappa shape index (κ1) is 9.58. The Labute approximate surface area is 76.5 Å². The summed E-state index contributed by atoms with van der Waals surface area (Å²) >= 11 is 1.46.